The number of nitrogens with one attached hydrogen (secondary N) is 1. The molecule has 0 bridgehead atoms. The second kappa shape index (κ2) is 8.27. The number of fused-ring (bicyclic) bond motifs is 1. The fraction of sp³-hybridized carbons (Fsp3) is 0.520. The Hall–Kier alpha value is -2.25. The van der Waals surface area contributed by atoms with Crippen LogP contribution in [-0.4, -0.2) is 39.3 Å². The number of rotatable bonds is 5. The number of imide groups is 1. The summed E-state index contributed by atoms with van der Waals surface area (Å²) in [6.45, 7) is 10.4. The highest BCUT2D eigenvalue weighted by Crippen LogP contribution is 2.43. The summed E-state index contributed by atoms with van der Waals surface area (Å²) in [6.07, 6.45) is 9.02. The normalized spacial score (nSPS) is 29.4. The van der Waals surface area contributed by atoms with Crippen molar-refractivity contribution in [1.29, 1.82) is 0 Å². The Morgan fingerprint density at radius 3 is 2.59 bits per heavy atom. The number of ether oxygens (including phenoxy) is 2. The van der Waals surface area contributed by atoms with Crippen LogP contribution in [0.4, 0.5) is 4.79 Å². The highest BCUT2D eigenvalue weighted by molar-refractivity contribution is 8.15. The van der Waals surface area contributed by atoms with Crippen LogP contribution in [-0.2, 0) is 16.0 Å². The molecule has 32 heavy (non-hydrogen) atoms. The van der Waals surface area contributed by atoms with Gasteiger partial charge < -0.3 is 14.6 Å². The predicted molar refractivity (Wildman–Crippen MR) is 125 cm³/mol. The molecule has 3 aliphatic rings. The molecule has 0 spiro atoms. The Kier molecular flexibility index (Phi) is 5.92. The van der Waals surface area contributed by atoms with E-state index in [1.165, 1.54) is 0 Å². The molecule has 0 radical (unpaired) electrons. The average molecular weight is 458 g/mol. The monoisotopic (exact) mass is 457 g/mol. The van der Waals surface area contributed by atoms with Crippen LogP contribution in [0.25, 0.3) is 0 Å². The number of phenols is 1. The summed E-state index contributed by atoms with van der Waals surface area (Å²) in [4.78, 5) is 23.2. The number of benzene rings is 1. The average Bonchev–Trinajstić information content (AvgIpc) is 3.08. The zero-order valence-electron chi connectivity index (χ0n) is 19.3. The van der Waals surface area contributed by atoms with Gasteiger partial charge in [-0.3, -0.25) is 14.9 Å². The standard InChI is InChI=1S/C25H31NO5S/c1-14-15(2)21-18(16(3)20(14)27)8-11-25(5,31-21)13-30-24(4)9-6-17(7-10-24)12-19-22(28)26-23(29)32-19/h6-7,9,19,27H,8,10-13H2,1-5H3,(H,26,28,29). The SMILES string of the molecule is Cc1c(C)c2c(c(C)c1O)CCC(C)(COC1(C)C=CC(CC3SC(=O)NC3=O)=CC1)O2. The topological polar surface area (TPSA) is 84.9 Å². The quantitative estimate of drug-likeness (QED) is 0.660. The van der Waals surface area contributed by atoms with Gasteiger partial charge in [-0.15, -0.1) is 0 Å². The molecule has 4 rings (SSSR count). The fourth-order valence-corrected chi connectivity index (χ4v) is 5.33. The lowest BCUT2D eigenvalue weighted by Crippen LogP contribution is -2.44. The summed E-state index contributed by atoms with van der Waals surface area (Å²) in [6, 6.07) is 0. The van der Waals surface area contributed by atoms with Crippen LogP contribution >= 0.6 is 11.8 Å². The molecule has 2 heterocycles. The lowest BCUT2D eigenvalue weighted by Gasteiger charge is -2.40. The first-order valence-electron chi connectivity index (χ1n) is 11.0. The first kappa shape index (κ1) is 22.9. The maximum Gasteiger partial charge on any atom is 0.286 e. The predicted octanol–water partition coefficient (Wildman–Crippen LogP) is 4.80. The number of amides is 2. The molecular weight excluding hydrogens is 426 g/mol. The van der Waals surface area contributed by atoms with Crippen molar-refractivity contribution in [2.75, 3.05) is 6.61 Å². The lowest BCUT2D eigenvalue weighted by molar-refractivity contribution is -0.118. The van der Waals surface area contributed by atoms with Crippen LogP contribution in [0.2, 0.25) is 0 Å². The number of carbonyl (C=O) groups is 2. The molecule has 1 fully saturated rings. The van der Waals surface area contributed by atoms with E-state index in [0.29, 0.717) is 25.2 Å². The Morgan fingerprint density at radius 1 is 1.22 bits per heavy atom. The lowest BCUT2D eigenvalue weighted by atomic mass is 9.87. The number of hydrogen-bond acceptors (Lipinski definition) is 6. The zero-order chi connectivity index (χ0) is 23.3. The second-order valence-electron chi connectivity index (χ2n) is 9.59. The molecule has 1 aromatic carbocycles. The Bertz CT molecular complexity index is 1050. The van der Waals surface area contributed by atoms with E-state index < -0.39 is 11.2 Å². The first-order valence-corrected chi connectivity index (χ1v) is 11.9. The van der Waals surface area contributed by atoms with E-state index in [1.807, 2.05) is 32.9 Å². The van der Waals surface area contributed by atoms with Gasteiger partial charge in [0.1, 0.15) is 17.1 Å². The molecule has 7 heteroatoms. The number of hydrogen-bond donors (Lipinski definition) is 2. The minimum Gasteiger partial charge on any atom is -0.507 e. The number of phenolic OH excluding ortho intramolecular Hbond substituents is 1. The minimum atomic E-state index is -0.452. The fourth-order valence-electron chi connectivity index (χ4n) is 4.47. The third-order valence-corrected chi connectivity index (χ3v) is 7.89. The summed E-state index contributed by atoms with van der Waals surface area (Å²) >= 11 is 1.06. The van der Waals surface area contributed by atoms with E-state index in [1.54, 1.807) is 0 Å². The highest BCUT2D eigenvalue weighted by Gasteiger charge is 2.38. The van der Waals surface area contributed by atoms with E-state index in [2.05, 4.69) is 25.2 Å². The molecule has 172 valence electrons. The second-order valence-corrected chi connectivity index (χ2v) is 10.8. The van der Waals surface area contributed by atoms with Gasteiger partial charge in [0.05, 0.1) is 17.5 Å². The molecular formula is C25H31NO5S. The molecule has 0 saturated carbocycles. The molecule has 1 aromatic rings. The van der Waals surface area contributed by atoms with Gasteiger partial charge in [-0.25, -0.2) is 0 Å². The molecule has 6 nitrogen and oxygen atoms in total. The molecule has 2 aliphatic heterocycles. The van der Waals surface area contributed by atoms with E-state index in [9.17, 15) is 14.7 Å². The number of thioether (sulfide) groups is 1. The van der Waals surface area contributed by atoms with Gasteiger partial charge in [0.25, 0.3) is 5.24 Å². The number of allylic oxidation sites excluding steroid dienone is 2. The van der Waals surface area contributed by atoms with Gasteiger partial charge >= 0.3 is 0 Å². The largest absolute Gasteiger partial charge is 0.507 e. The molecule has 1 saturated heterocycles. The van der Waals surface area contributed by atoms with Crippen molar-refractivity contribution in [2.24, 2.45) is 0 Å². The van der Waals surface area contributed by atoms with Crippen LogP contribution in [0.15, 0.2) is 23.8 Å². The van der Waals surface area contributed by atoms with Crippen molar-refractivity contribution < 1.29 is 24.2 Å². The summed E-state index contributed by atoms with van der Waals surface area (Å²) in [5, 5.41) is 12.1. The van der Waals surface area contributed by atoms with Gasteiger partial charge in [0, 0.05) is 5.56 Å². The van der Waals surface area contributed by atoms with Crippen LogP contribution in [0.3, 0.4) is 0 Å². The number of aromatic hydroxyl groups is 1. The zero-order valence-corrected chi connectivity index (χ0v) is 20.1. The van der Waals surface area contributed by atoms with Gasteiger partial charge in [-0.05, 0) is 77.0 Å². The molecule has 2 amide bonds. The Labute approximate surface area is 193 Å². The summed E-state index contributed by atoms with van der Waals surface area (Å²) < 4.78 is 12.8. The maximum atomic E-state index is 11.8. The van der Waals surface area contributed by atoms with Crippen molar-refractivity contribution in [3.05, 3.63) is 46.1 Å². The Morgan fingerprint density at radius 2 is 1.97 bits per heavy atom. The van der Waals surface area contributed by atoms with Crippen molar-refractivity contribution in [3.63, 3.8) is 0 Å². The van der Waals surface area contributed by atoms with Crippen LogP contribution in [0.1, 0.15) is 55.4 Å². The molecule has 2 N–H and O–H groups in total. The van der Waals surface area contributed by atoms with E-state index in [-0.39, 0.29) is 16.4 Å². The van der Waals surface area contributed by atoms with Gasteiger partial charge in [-0.2, -0.15) is 0 Å². The van der Waals surface area contributed by atoms with Crippen LogP contribution < -0.4 is 10.1 Å². The van der Waals surface area contributed by atoms with Crippen molar-refractivity contribution in [1.82, 2.24) is 5.32 Å². The van der Waals surface area contributed by atoms with Gasteiger partial charge in [0.15, 0.2) is 0 Å². The van der Waals surface area contributed by atoms with E-state index >= 15 is 0 Å². The van der Waals surface area contributed by atoms with Crippen molar-refractivity contribution in [3.8, 4) is 11.5 Å². The van der Waals surface area contributed by atoms with Crippen molar-refractivity contribution >= 4 is 22.9 Å². The summed E-state index contributed by atoms with van der Waals surface area (Å²) in [7, 11) is 0. The first-order chi connectivity index (χ1) is 15.0. The summed E-state index contributed by atoms with van der Waals surface area (Å²) in [5.41, 5.74) is 3.98. The maximum absolute atomic E-state index is 11.8. The van der Waals surface area contributed by atoms with Gasteiger partial charge in [-0.1, -0.05) is 35.6 Å². The van der Waals surface area contributed by atoms with Gasteiger partial charge in [0.2, 0.25) is 5.91 Å². The van der Waals surface area contributed by atoms with E-state index in [4.69, 9.17) is 9.47 Å². The molecule has 1 aliphatic carbocycles. The third-order valence-electron chi connectivity index (χ3n) is 6.91. The molecule has 0 aromatic heterocycles. The van der Waals surface area contributed by atoms with Crippen molar-refractivity contribution in [2.45, 2.75) is 76.8 Å². The van der Waals surface area contributed by atoms with E-state index in [0.717, 1.165) is 58.2 Å². The van der Waals surface area contributed by atoms with Crippen LogP contribution in [0, 0.1) is 20.8 Å². The smallest absolute Gasteiger partial charge is 0.286 e. The highest BCUT2D eigenvalue weighted by atomic mass is 32.2. The Balaban J connectivity index is 1.39. The minimum absolute atomic E-state index is 0.212. The molecule has 3 unspecified atom stereocenters. The molecule has 3 atom stereocenters. The van der Waals surface area contributed by atoms with Crippen LogP contribution in [0.5, 0.6) is 11.5 Å². The number of carbonyl (C=O) groups excluding carboxylic acids is 2. The summed E-state index contributed by atoms with van der Waals surface area (Å²) in [5.74, 6) is 1.03. The third kappa shape index (κ3) is 4.33.